The predicted molar refractivity (Wildman–Crippen MR) is 96.3 cm³/mol. The molecule has 0 spiro atoms. The number of nitrogens with one attached hydrogen (secondary N) is 1. The Kier molecular flexibility index (Phi) is 4.96. The minimum absolute atomic E-state index is 0.0627. The van der Waals surface area contributed by atoms with Gasteiger partial charge in [0.1, 0.15) is 4.88 Å². The third-order valence-corrected chi connectivity index (χ3v) is 5.53. The minimum Gasteiger partial charge on any atom is -0.349 e. The van der Waals surface area contributed by atoms with Crippen molar-refractivity contribution in [2.75, 3.05) is 13.1 Å². The fourth-order valence-corrected chi connectivity index (χ4v) is 3.78. The molecular weight excluding hydrogens is 320 g/mol. The lowest BCUT2D eigenvalue weighted by Gasteiger charge is -2.41. The predicted octanol–water partition coefficient (Wildman–Crippen LogP) is 2.67. The summed E-state index contributed by atoms with van der Waals surface area (Å²) < 4.78 is 3.89. The number of rotatable bonds is 5. The Hall–Kier alpha value is -1.79. The summed E-state index contributed by atoms with van der Waals surface area (Å²) in [5, 5.41) is 7.08. The maximum Gasteiger partial charge on any atom is 0.265 e. The molecule has 0 atom stereocenters. The van der Waals surface area contributed by atoms with Crippen LogP contribution in [0.25, 0.3) is 0 Å². The molecule has 0 saturated heterocycles. The van der Waals surface area contributed by atoms with E-state index in [0.29, 0.717) is 11.4 Å². The van der Waals surface area contributed by atoms with E-state index in [2.05, 4.69) is 57.9 Å². The van der Waals surface area contributed by atoms with Crippen molar-refractivity contribution in [1.82, 2.24) is 19.8 Å². The first kappa shape index (κ1) is 17.0. The molecule has 1 aromatic heterocycles. The second kappa shape index (κ2) is 6.99. The van der Waals surface area contributed by atoms with Gasteiger partial charge in [-0.25, -0.2) is 0 Å². The van der Waals surface area contributed by atoms with Gasteiger partial charge in [0.2, 0.25) is 0 Å². The quantitative estimate of drug-likeness (QED) is 0.906. The van der Waals surface area contributed by atoms with Gasteiger partial charge in [0.25, 0.3) is 5.91 Å². The van der Waals surface area contributed by atoms with Gasteiger partial charge in [-0.3, -0.25) is 9.69 Å². The molecule has 1 amide bonds. The summed E-state index contributed by atoms with van der Waals surface area (Å²) in [6.07, 6.45) is 1.79. The van der Waals surface area contributed by atoms with Crippen molar-refractivity contribution in [3.8, 4) is 0 Å². The van der Waals surface area contributed by atoms with Gasteiger partial charge in [0.05, 0.1) is 5.69 Å². The fourth-order valence-electron chi connectivity index (χ4n) is 3.11. The van der Waals surface area contributed by atoms with Crippen molar-refractivity contribution >= 4 is 17.4 Å². The van der Waals surface area contributed by atoms with Gasteiger partial charge in [-0.05, 0) is 49.3 Å². The number of hydrogen-bond acceptors (Lipinski definition) is 5. The van der Waals surface area contributed by atoms with Gasteiger partial charge < -0.3 is 5.32 Å². The molecule has 2 heterocycles. The molecule has 6 heteroatoms. The molecule has 1 aliphatic heterocycles. The van der Waals surface area contributed by atoms with E-state index in [1.54, 1.807) is 0 Å². The van der Waals surface area contributed by atoms with Crippen LogP contribution >= 0.6 is 11.5 Å². The monoisotopic (exact) mass is 344 g/mol. The number of carbonyl (C=O) groups is 1. The maximum absolute atomic E-state index is 12.4. The lowest BCUT2D eigenvalue weighted by atomic mass is 9.94. The van der Waals surface area contributed by atoms with E-state index < -0.39 is 0 Å². The van der Waals surface area contributed by atoms with Crippen molar-refractivity contribution in [3.63, 3.8) is 0 Å². The van der Waals surface area contributed by atoms with Crippen molar-refractivity contribution in [1.29, 1.82) is 0 Å². The van der Waals surface area contributed by atoms with Crippen molar-refractivity contribution in [2.24, 2.45) is 0 Å². The standard InChI is InChI=1S/C18H24N4OS/c1-4-15-16(24-21-20-15)17(23)19-12-18(2,3)22-10-9-13-7-5-6-8-14(13)11-22/h5-8H,4,9-12H2,1-3H3,(H,19,23). The highest BCUT2D eigenvalue weighted by molar-refractivity contribution is 7.08. The van der Waals surface area contributed by atoms with E-state index in [1.807, 2.05) is 6.92 Å². The summed E-state index contributed by atoms with van der Waals surface area (Å²) in [7, 11) is 0. The van der Waals surface area contributed by atoms with Crippen molar-refractivity contribution < 1.29 is 4.79 Å². The number of fused-ring (bicyclic) bond motifs is 1. The molecule has 2 aromatic rings. The van der Waals surface area contributed by atoms with E-state index in [1.165, 1.54) is 22.7 Å². The van der Waals surface area contributed by atoms with Crippen LogP contribution in [0.1, 0.15) is 47.3 Å². The SMILES string of the molecule is CCc1nnsc1C(=O)NCC(C)(C)N1CCc2ccccc2C1. The maximum atomic E-state index is 12.4. The molecule has 0 fully saturated rings. The molecule has 3 rings (SSSR count). The molecule has 0 unspecified atom stereocenters. The smallest absolute Gasteiger partial charge is 0.265 e. The second-order valence-corrected chi connectivity index (χ2v) is 7.59. The summed E-state index contributed by atoms with van der Waals surface area (Å²) in [6.45, 7) is 8.92. The molecule has 1 aliphatic rings. The van der Waals surface area contributed by atoms with E-state index in [4.69, 9.17) is 0 Å². The van der Waals surface area contributed by atoms with Crippen LogP contribution in [0.3, 0.4) is 0 Å². The van der Waals surface area contributed by atoms with Gasteiger partial charge in [-0.1, -0.05) is 35.7 Å². The first-order valence-electron chi connectivity index (χ1n) is 8.42. The molecule has 0 radical (unpaired) electrons. The minimum atomic E-state index is -0.103. The number of amides is 1. The third kappa shape index (κ3) is 3.49. The summed E-state index contributed by atoms with van der Waals surface area (Å²) in [4.78, 5) is 15.5. The molecule has 0 saturated carbocycles. The van der Waals surface area contributed by atoms with E-state index in [-0.39, 0.29) is 11.4 Å². The number of aromatic nitrogens is 2. The fraction of sp³-hybridized carbons (Fsp3) is 0.500. The third-order valence-electron chi connectivity index (χ3n) is 4.77. The molecule has 1 aromatic carbocycles. The molecular formula is C18H24N4OS. The molecule has 0 bridgehead atoms. The van der Waals surface area contributed by atoms with Crippen LogP contribution in [-0.4, -0.2) is 39.0 Å². The highest BCUT2D eigenvalue weighted by Gasteiger charge is 2.30. The largest absolute Gasteiger partial charge is 0.349 e. The molecule has 24 heavy (non-hydrogen) atoms. The van der Waals surface area contributed by atoms with Crippen LogP contribution in [-0.2, 0) is 19.4 Å². The van der Waals surface area contributed by atoms with Crippen LogP contribution in [0.15, 0.2) is 24.3 Å². The topological polar surface area (TPSA) is 58.1 Å². The average Bonchev–Trinajstić information content (AvgIpc) is 3.08. The number of benzene rings is 1. The second-order valence-electron chi connectivity index (χ2n) is 6.84. The van der Waals surface area contributed by atoms with E-state index in [0.717, 1.165) is 31.6 Å². The van der Waals surface area contributed by atoms with Crippen LogP contribution in [0.4, 0.5) is 0 Å². The van der Waals surface area contributed by atoms with Crippen LogP contribution in [0, 0.1) is 0 Å². The number of aryl methyl sites for hydroxylation is 1. The Morgan fingerprint density at radius 2 is 2.08 bits per heavy atom. The Labute approximate surface area is 147 Å². The molecule has 5 nitrogen and oxygen atoms in total. The van der Waals surface area contributed by atoms with Gasteiger partial charge in [0.15, 0.2) is 0 Å². The Morgan fingerprint density at radius 3 is 2.83 bits per heavy atom. The molecule has 0 aliphatic carbocycles. The van der Waals surface area contributed by atoms with Gasteiger partial charge in [-0.15, -0.1) is 5.10 Å². The zero-order chi connectivity index (χ0) is 17.2. The highest BCUT2D eigenvalue weighted by atomic mass is 32.1. The van der Waals surface area contributed by atoms with Crippen LogP contribution in [0.5, 0.6) is 0 Å². The van der Waals surface area contributed by atoms with E-state index in [9.17, 15) is 4.79 Å². The average molecular weight is 344 g/mol. The van der Waals surface area contributed by atoms with Gasteiger partial charge >= 0.3 is 0 Å². The summed E-state index contributed by atoms with van der Waals surface area (Å²) in [5.41, 5.74) is 3.51. The van der Waals surface area contributed by atoms with Crippen molar-refractivity contribution in [3.05, 3.63) is 46.0 Å². The number of hydrogen-bond donors (Lipinski definition) is 1. The lowest BCUT2D eigenvalue weighted by molar-refractivity contribution is 0.0828. The van der Waals surface area contributed by atoms with Crippen LogP contribution in [0.2, 0.25) is 0 Å². The number of carbonyl (C=O) groups excluding carboxylic acids is 1. The Balaban J connectivity index is 1.63. The van der Waals surface area contributed by atoms with E-state index >= 15 is 0 Å². The van der Waals surface area contributed by atoms with Gasteiger partial charge in [-0.2, -0.15) is 0 Å². The highest BCUT2D eigenvalue weighted by Crippen LogP contribution is 2.25. The Morgan fingerprint density at radius 1 is 1.33 bits per heavy atom. The van der Waals surface area contributed by atoms with Crippen LogP contribution < -0.4 is 5.32 Å². The lowest BCUT2D eigenvalue weighted by Crippen LogP contribution is -2.53. The summed E-state index contributed by atoms with van der Waals surface area (Å²) in [6, 6.07) is 8.62. The zero-order valence-corrected chi connectivity index (χ0v) is 15.3. The number of nitrogens with zero attached hydrogens (tertiary/aromatic N) is 3. The first-order valence-corrected chi connectivity index (χ1v) is 9.20. The molecule has 1 N–H and O–H groups in total. The molecule has 128 valence electrons. The normalized spacial score (nSPS) is 15.1. The van der Waals surface area contributed by atoms with Gasteiger partial charge in [0, 0.05) is 25.2 Å². The zero-order valence-electron chi connectivity index (χ0n) is 14.5. The first-order chi connectivity index (χ1) is 11.5. The summed E-state index contributed by atoms with van der Waals surface area (Å²) in [5.74, 6) is -0.0627. The Bertz CT molecular complexity index is 725. The summed E-state index contributed by atoms with van der Waals surface area (Å²) >= 11 is 1.17. The van der Waals surface area contributed by atoms with Crippen molar-refractivity contribution in [2.45, 2.75) is 45.7 Å².